The summed E-state index contributed by atoms with van der Waals surface area (Å²) in [4.78, 5) is 24.8. The summed E-state index contributed by atoms with van der Waals surface area (Å²) in [5.41, 5.74) is 0.961. The van der Waals surface area contributed by atoms with Crippen LogP contribution < -0.4 is 10.6 Å². The van der Waals surface area contributed by atoms with Crippen LogP contribution in [0.2, 0.25) is 0 Å². The fourth-order valence-electron chi connectivity index (χ4n) is 5.56. The Kier molecular flexibility index (Phi) is 7.31. The van der Waals surface area contributed by atoms with Gasteiger partial charge in [0, 0.05) is 18.2 Å². The first-order valence-corrected chi connectivity index (χ1v) is 13.4. The number of anilines is 1. The second-order valence-electron chi connectivity index (χ2n) is 10.6. The summed E-state index contributed by atoms with van der Waals surface area (Å²) in [6.07, 6.45) is 7.47. The monoisotopic (exact) mass is 521 g/mol. The second kappa shape index (κ2) is 10.7. The van der Waals surface area contributed by atoms with Gasteiger partial charge in [0.15, 0.2) is 28.9 Å². The molecule has 1 amide bonds. The van der Waals surface area contributed by atoms with Crippen LogP contribution in [0.15, 0.2) is 30.3 Å². The Morgan fingerprint density at radius 3 is 2.42 bits per heavy atom. The molecule has 5 rings (SSSR count). The van der Waals surface area contributed by atoms with E-state index in [2.05, 4.69) is 27.2 Å². The zero-order chi connectivity index (χ0) is 26.9. The number of nitrogens with one attached hydrogen (secondary N) is 3. The average Bonchev–Trinajstić information content (AvgIpc) is 3.23. The number of amides is 1. The quantitative estimate of drug-likeness (QED) is 0.148. The lowest BCUT2D eigenvalue weighted by molar-refractivity contribution is -0.140. The zero-order valence-corrected chi connectivity index (χ0v) is 21.5. The molecule has 2 aliphatic rings. The maximum absolute atomic E-state index is 11.4. The summed E-state index contributed by atoms with van der Waals surface area (Å²) in [5.74, 6) is -1.81. The molecule has 1 aromatic carbocycles. The number of amidine groups is 1. The van der Waals surface area contributed by atoms with E-state index in [9.17, 15) is 15.0 Å². The first-order chi connectivity index (χ1) is 18.2. The van der Waals surface area contributed by atoms with E-state index in [4.69, 9.17) is 10.5 Å². The molecule has 11 heteroatoms. The van der Waals surface area contributed by atoms with E-state index in [0.717, 1.165) is 38.5 Å². The number of nitrogens with zero attached hydrogens (tertiary/aromatic N) is 4. The normalized spacial score (nSPS) is 17.7. The minimum Gasteiger partial charge on any atom is -0.465 e. The molecule has 3 aromatic rings. The Labute approximate surface area is 220 Å². The number of benzene rings is 1. The average molecular weight is 522 g/mol. The van der Waals surface area contributed by atoms with Crippen molar-refractivity contribution in [1.82, 2.24) is 24.8 Å². The highest BCUT2D eigenvalue weighted by molar-refractivity contribution is 6.03. The van der Waals surface area contributed by atoms with Gasteiger partial charge in [0.2, 0.25) is 0 Å². The zero-order valence-electron chi connectivity index (χ0n) is 21.5. The molecular weight excluding hydrogens is 486 g/mol. The number of fused-ring (bicyclic) bond motifs is 1. The van der Waals surface area contributed by atoms with Crippen molar-refractivity contribution in [1.29, 1.82) is 5.41 Å². The van der Waals surface area contributed by atoms with Gasteiger partial charge in [0.25, 0.3) is 5.79 Å². The van der Waals surface area contributed by atoms with Crippen molar-refractivity contribution >= 4 is 28.9 Å². The van der Waals surface area contributed by atoms with Gasteiger partial charge in [0.1, 0.15) is 5.52 Å². The molecule has 0 saturated heterocycles. The van der Waals surface area contributed by atoms with Crippen molar-refractivity contribution in [3.05, 3.63) is 47.5 Å². The highest BCUT2D eigenvalue weighted by Gasteiger charge is 2.37. The molecule has 2 saturated carbocycles. The van der Waals surface area contributed by atoms with Crippen LogP contribution in [0.4, 0.5) is 10.6 Å². The molecule has 2 fully saturated rings. The van der Waals surface area contributed by atoms with Crippen molar-refractivity contribution < 1.29 is 20.1 Å². The first-order valence-electron chi connectivity index (χ1n) is 13.4. The van der Waals surface area contributed by atoms with E-state index in [1.54, 1.807) is 30.3 Å². The standard InChI is InChI=1S/C27H35N7O4/c1-16(18-11-8-12-18)29-22-20-23(32-24(31-22)21(28)30-26(35)36)33-25(27(37,38)19-13-6-3-7-14-19)34(20)15-17-9-4-2-5-10-17/h3,6-7,13-14,16-18,37-38H,2,4-5,8-12,15H2,1H3,(H2,28,30)(H,35,36)(H,29,31,32)/t16-/m1/s1. The smallest absolute Gasteiger partial charge is 0.410 e. The maximum atomic E-state index is 11.4. The van der Waals surface area contributed by atoms with Gasteiger partial charge in [-0.05, 0) is 44.4 Å². The number of hydrogen-bond donors (Lipinski definition) is 6. The van der Waals surface area contributed by atoms with Crippen molar-refractivity contribution in [2.75, 3.05) is 5.32 Å². The Bertz CT molecular complexity index is 1310. The number of carboxylic acid groups (broad SMARTS) is 1. The van der Waals surface area contributed by atoms with Crippen LogP contribution in [0.25, 0.3) is 11.2 Å². The molecule has 6 N–H and O–H groups in total. The molecule has 202 valence electrons. The fraction of sp³-hybridized carbons (Fsp3) is 0.519. The molecule has 2 aromatic heterocycles. The van der Waals surface area contributed by atoms with Gasteiger partial charge in [0.05, 0.1) is 0 Å². The van der Waals surface area contributed by atoms with Crippen LogP contribution in [0.1, 0.15) is 75.5 Å². The SMILES string of the molecule is C[C@@H](Nc1nc(C(=N)NC(=O)O)nc2nc(C(O)(O)c3ccccc3)n(CC3CCCCC3)c12)C1CCC1. The van der Waals surface area contributed by atoms with Gasteiger partial charge in [-0.25, -0.2) is 19.7 Å². The highest BCUT2D eigenvalue weighted by Crippen LogP contribution is 2.36. The lowest BCUT2D eigenvalue weighted by atomic mass is 9.80. The summed E-state index contributed by atoms with van der Waals surface area (Å²) >= 11 is 0. The third kappa shape index (κ3) is 5.21. The number of aromatic nitrogens is 4. The molecule has 2 aliphatic carbocycles. The van der Waals surface area contributed by atoms with Crippen LogP contribution in [-0.4, -0.2) is 52.8 Å². The Morgan fingerprint density at radius 2 is 1.79 bits per heavy atom. The molecule has 1 atom stereocenters. The third-order valence-corrected chi connectivity index (χ3v) is 7.93. The third-order valence-electron chi connectivity index (χ3n) is 7.93. The van der Waals surface area contributed by atoms with Gasteiger partial charge >= 0.3 is 6.09 Å². The number of aliphatic hydroxyl groups is 2. The molecule has 38 heavy (non-hydrogen) atoms. The molecule has 0 radical (unpaired) electrons. The van der Waals surface area contributed by atoms with E-state index in [0.29, 0.717) is 29.7 Å². The van der Waals surface area contributed by atoms with Gasteiger partial charge in [-0.1, -0.05) is 56.0 Å². The topological polar surface area (TPSA) is 169 Å². The predicted molar refractivity (Wildman–Crippen MR) is 142 cm³/mol. The maximum Gasteiger partial charge on any atom is 0.410 e. The first kappa shape index (κ1) is 26.1. The molecule has 0 spiro atoms. The Morgan fingerprint density at radius 1 is 1.08 bits per heavy atom. The number of hydrogen-bond acceptors (Lipinski definition) is 8. The summed E-state index contributed by atoms with van der Waals surface area (Å²) in [5, 5.41) is 45.7. The molecule has 0 aliphatic heterocycles. The summed E-state index contributed by atoms with van der Waals surface area (Å²) < 4.78 is 1.81. The lowest BCUT2D eigenvalue weighted by Crippen LogP contribution is -2.33. The van der Waals surface area contributed by atoms with E-state index in [-0.39, 0.29) is 28.9 Å². The number of carbonyl (C=O) groups is 1. The van der Waals surface area contributed by atoms with Crippen LogP contribution in [-0.2, 0) is 12.3 Å². The predicted octanol–water partition coefficient (Wildman–Crippen LogP) is 3.79. The van der Waals surface area contributed by atoms with Crippen LogP contribution in [0, 0.1) is 17.2 Å². The molecule has 0 bridgehead atoms. The van der Waals surface area contributed by atoms with Crippen LogP contribution in [0.3, 0.4) is 0 Å². The van der Waals surface area contributed by atoms with Gasteiger partial charge in [-0.15, -0.1) is 0 Å². The van der Waals surface area contributed by atoms with Crippen molar-refractivity contribution in [3.63, 3.8) is 0 Å². The molecule has 2 heterocycles. The second-order valence-corrected chi connectivity index (χ2v) is 10.6. The van der Waals surface area contributed by atoms with Crippen LogP contribution in [0.5, 0.6) is 0 Å². The van der Waals surface area contributed by atoms with E-state index >= 15 is 0 Å². The summed E-state index contributed by atoms with van der Waals surface area (Å²) in [6.45, 7) is 2.59. The van der Waals surface area contributed by atoms with Crippen molar-refractivity contribution in [2.24, 2.45) is 11.8 Å². The summed E-state index contributed by atoms with van der Waals surface area (Å²) in [6, 6.07) is 8.59. The molecular formula is C27H35N7O4. The summed E-state index contributed by atoms with van der Waals surface area (Å²) in [7, 11) is 0. The number of imidazole rings is 1. The minimum absolute atomic E-state index is 0.0211. The van der Waals surface area contributed by atoms with Crippen LogP contribution >= 0.6 is 0 Å². The van der Waals surface area contributed by atoms with Gasteiger partial charge in [-0.3, -0.25) is 10.7 Å². The van der Waals surface area contributed by atoms with E-state index in [1.165, 1.54) is 12.8 Å². The fourth-order valence-corrected chi connectivity index (χ4v) is 5.56. The van der Waals surface area contributed by atoms with E-state index < -0.39 is 17.7 Å². The Balaban J connectivity index is 1.68. The molecule has 11 nitrogen and oxygen atoms in total. The number of rotatable bonds is 8. The lowest BCUT2D eigenvalue weighted by Gasteiger charge is -2.32. The largest absolute Gasteiger partial charge is 0.465 e. The van der Waals surface area contributed by atoms with Gasteiger partial charge in [-0.2, -0.15) is 0 Å². The highest BCUT2D eigenvalue weighted by atomic mass is 16.5. The van der Waals surface area contributed by atoms with E-state index in [1.807, 2.05) is 9.88 Å². The minimum atomic E-state index is -2.40. The van der Waals surface area contributed by atoms with Gasteiger partial charge < -0.3 is 25.2 Å². The Hall–Kier alpha value is -3.57. The molecule has 0 unspecified atom stereocenters. The van der Waals surface area contributed by atoms with Crippen molar-refractivity contribution in [3.8, 4) is 0 Å². The van der Waals surface area contributed by atoms with Crippen molar-refractivity contribution in [2.45, 2.75) is 76.7 Å².